The molecule has 0 fully saturated rings. The zero-order chi connectivity index (χ0) is 23.4. The van der Waals surface area contributed by atoms with Crippen molar-refractivity contribution in [2.45, 2.75) is 123 Å². The van der Waals surface area contributed by atoms with Gasteiger partial charge in [0, 0.05) is 23.1 Å². The molecule has 2 nitrogen and oxygen atoms in total. The average Bonchev–Trinajstić information content (AvgIpc) is 2.83. The van der Waals surface area contributed by atoms with Crippen LogP contribution in [0.1, 0.15) is 117 Å². The normalized spacial score (nSPS) is 11.9. The number of hydrogen-bond acceptors (Lipinski definition) is 2. The predicted molar refractivity (Wildman–Crippen MR) is 149 cm³/mol. The second kappa shape index (κ2) is 18.5. The Balaban J connectivity index is 1.40. The number of benzene rings is 2. The van der Waals surface area contributed by atoms with E-state index in [4.69, 9.17) is 0 Å². The third-order valence-corrected chi connectivity index (χ3v) is 6.60. The number of para-hydroxylation sites is 1. The van der Waals surface area contributed by atoms with Crippen LogP contribution in [0.2, 0.25) is 0 Å². The van der Waals surface area contributed by atoms with Gasteiger partial charge in [-0.3, -0.25) is 0 Å². The summed E-state index contributed by atoms with van der Waals surface area (Å²) in [7, 11) is 0. The maximum Gasteiger partial charge on any atom is 0.0385 e. The van der Waals surface area contributed by atoms with Gasteiger partial charge in [-0.1, -0.05) is 121 Å². The van der Waals surface area contributed by atoms with Crippen LogP contribution in [0.15, 0.2) is 54.6 Å². The Bertz CT molecular complexity index is 680. The molecule has 0 aliphatic rings. The SMILES string of the molecule is CCCCCCCCCCCCCCCCCC(C)Nc1ccc(Nc2ccccc2)cc1. The standard InChI is InChI=1S/C31H50N2/c1-3-4-5-6-7-8-9-10-11-12-13-14-15-16-18-21-28(2)32-30-24-26-31(27-25-30)33-29-22-19-17-20-23-29/h17,19-20,22-28,32-33H,3-16,18,21H2,1-2H3. The zero-order valence-corrected chi connectivity index (χ0v) is 21.6. The molecule has 1 atom stereocenters. The van der Waals surface area contributed by atoms with Crippen molar-refractivity contribution in [2.75, 3.05) is 10.6 Å². The summed E-state index contributed by atoms with van der Waals surface area (Å²) in [5.74, 6) is 0. The maximum absolute atomic E-state index is 3.65. The lowest BCUT2D eigenvalue weighted by molar-refractivity contribution is 0.525. The van der Waals surface area contributed by atoms with Crippen molar-refractivity contribution in [2.24, 2.45) is 0 Å². The quantitative estimate of drug-likeness (QED) is 0.196. The Morgan fingerprint density at radius 2 is 0.939 bits per heavy atom. The average molecular weight is 451 g/mol. The Morgan fingerprint density at radius 3 is 1.45 bits per heavy atom. The summed E-state index contributed by atoms with van der Waals surface area (Å²) in [5, 5.41) is 7.10. The number of anilines is 3. The van der Waals surface area contributed by atoms with Gasteiger partial charge in [0.1, 0.15) is 0 Å². The minimum Gasteiger partial charge on any atom is -0.383 e. The van der Waals surface area contributed by atoms with Crippen LogP contribution < -0.4 is 10.6 Å². The Labute approximate surface area is 205 Å². The molecule has 184 valence electrons. The van der Waals surface area contributed by atoms with Crippen LogP contribution in [-0.2, 0) is 0 Å². The van der Waals surface area contributed by atoms with E-state index in [0.717, 1.165) is 11.4 Å². The van der Waals surface area contributed by atoms with Gasteiger partial charge in [0.15, 0.2) is 0 Å². The topological polar surface area (TPSA) is 24.1 Å². The Hall–Kier alpha value is -1.96. The highest BCUT2D eigenvalue weighted by Crippen LogP contribution is 2.20. The predicted octanol–water partition coefficient (Wildman–Crippen LogP) is 10.5. The molecule has 0 aliphatic heterocycles. The van der Waals surface area contributed by atoms with Crippen LogP contribution in [-0.4, -0.2) is 6.04 Å². The van der Waals surface area contributed by atoms with E-state index in [0.29, 0.717) is 6.04 Å². The molecule has 0 radical (unpaired) electrons. The van der Waals surface area contributed by atoms with Gasteiger partial charge in [-0.05, 0) is 49.7 Å². The first kappa shape index (κ1) is 27.3. The van der Waals surface area contributed by atoms with E-state index in [-0.39, 0.29) is 0 Å². The number of hydrogen-bond donors (Lipinski definition) is 2. The molecule has 2 aromatic rings. The second-order valence-electron chi connectivity index (χ2n) is 9.85. The van der Waals surface area contributed by atoms with Crippen LogP contribution in [0.25, 0.3) is 0 Å². The van der Waals surface area contributed by atoms with Gasteiger partial charge >= 0.3 is 0 Å². The van der Waals surface area contributed by atoms with Crippen molar-refractivity contribution in [3.05, 3.63) is 54.6 Å². The van der Waals surface area contributed by atoms with E-state index in [1.807, 2.05) is 6.07 Å². The molecule has 2 aromatic carbocycles. The van der Waals surface area contributed by atoms with Crippen LogP contribution in [0.5, 0.6) is 0 Å². The van der Waals surface area contributed by atoms with Crippen LogP contribution >= 0.6 is 0 Å². The van der Waals surface area contributed by atoms with E-state index in [1.165, 1.54) is 108 Å². The van der Waals surface area contributed by atoms with Crippen molar-refractivity contribution in [1.82, 2.24) is 0 Å². The fourth-order valence-corrected chi connectivity index (χ4v) is 4.52. The van der Waals surface area contributed by atoms with E-state index in [9.17, 15) is 0 Å². The molecular weight excluding hydrogens is 400 g/mol. The van der Waals surface area contributed by atoms with Gasteiger partial charge < -0.3 is 10.6 Å². The summed E-state index contributed by atoms with van der Waals surface area (Å²) >= 11 is 0. The van der Waals surface area contributed by atoms with Crippen molar-refractivity contribution in [1.29, 1.82) is 0 Å². The number of unbranched alkanes of at least 4 members (excludes halogenated alkanes) is 14. The highest BCUT2D eigenvalue weighted by atomic mass is 14.9. The van der Waals surface area contributed by atoms with E-state index >= 15 is 0 Å². The van der Waals surface area contributed by atoms with E-state index in [1.54, 1.807) is 0 Å². The van der Waals surface area contributed by atoms with Gasteiger partial charge in [-0.2, -0.15) is 0 Å². The summed E-state index contributed by atoms with van der Waals surface area (Å²) in [6, 6.07) is 19.5. The van der Waals surface area contributed by atoms with E-state index < -0.39 is 0 Å². The molecule has 2 rings (SSSR count). The van der Waals surface area contributed by atoms with Gasteiger partial charge in [0.2, 0.25) is 0 Å². The van der Waals surface area contributed by atoms with Crippen molar-refractivity contribution in [3.8, 4) is 0 Å². The van der Waals surface area contributed by atoms with Gasteiger partial charge in [-0.25, -0.2) is 0 Å². The van der Waals surface area contributed by atoms with Crippen molar-refractivity contribution < 1.29 is 0 Å². The smallest absolute Gasteiger partial charge is 0.0385 e. The highest BCUT2D eigenvalue weighted by molar-refractivity contribution is 5.62. The number of nitrogens with one attached hydrogen (secondary N) is 2. The summed E-state index contributed by atoms with van der Waals surface area (Å²) in [6.45, 7) is 4.60. The molecule has 2 N–H and O–H groups in total. The molecule has 0 saturated carbocycles. The van der Waals surface area contributed by atoms with Crippen molar-refractivity contribution >= 4 is 17.1 Å². The fourth-order valence-electron chi connectivity index (χ4n) is 4.52. The maximum atomic E-state index is 3.65. The highest BCUT2D eigenvalue weighted by Gasteiger charge is 2.03. The molecule has 0 aromatic heterocycles. The number of rotatable bonds is 20. The lowest BCUT2D eigenvalue weighted by atomic mass is 10.0. The van der Waals surface area contributed by atoms with Crippen LogP contribution in [0, 0.1) is 0 Å². The van der Waals surface area contributed by atoms with Crippen LogP contribution in [0.3, 0.4) is 0 Å². The molecule has 33 heavy (non-hydrogen) atoms. The van der Waals surface area contributed by atoms with Crippen molar-refractivity contribution in [3.63, 3.8) is 0 Å². The summed E-state index contributed by atoms with van der Waals surface area (Å²) < 4.78 is 0. The first-order chi connectivity index (χ1) is 16.3. The first-order valence-electron chi connectivity index (χ1n) is 14.0. The molecule has 0 amide bonds. The van der Waals surface area contributed by atoms with Gasteiger partial charge in [0.05, 0.1) is 0 Å². The summed E-state index contributed by atoms with van der Waals surface area (Å²) in [6.07, 6.45) is 22.7. The molecule has 0 bridgehead atoms. The molecule has 0 saturated heterocycles. The summed E-state index contributed by atoms with van der Waals surface area (Å²) in [4.78, 5) is 0. The van der Waals surface area contributed by atoms with Gasteiger partial charge in [0.25, 0.3) is 0 Å². The minimum absolute atomic E-state index is 0.528. The lowest BCUT2D eigenvalue weighted by Crippen LogP contribution is -2.14. The third kappa shape index (κ3) is 14.0. The zero-order valence-electron chi connectivity index (χ0n) is 21.6. The van der Waals surface area contributed by atoms with Gasteiger partial charge in [-0.15, -0.1) is 0 Å². The largest absolute Gasteiger partial charge is 0.383 e. The summed E-state index contributed by atoms with van der Waals surface area (Å²) in [5.41, 5.74) is 3.46. The van der Waals surface area contributed by atoms with Crippen LogP contribution in [0.4, 0.5) is 17.1 Å². The Morgan fingerprint density at radius 1 is 0.515 bits per heavy atom. The Kier molecular flexibility index (Phi) is 15.3. The first-order valence-corrected chi connectivity index (χ1v) is 14.0. The minimum atomic E-state index is 0.528. The second-order valence-corrected chi connectivity index (χ2v) is 9.85. The molecule has 0 heterocycles. The molecule has 0 aliphatic carbocycles. The lowest BCUT2D eigenvalue weighted by Gasteiger charge is -2.16. The fraction of sp³-hybridized carbons (Fsp3) is 0.613. The molecule has 1 unspecified atom stereocenters. The molecular formula is C31H50N2. The monoisotopic (exact) mass is 450 g/mol. The molecule has 2 heteroatoms. The molecule has 0 spiro atoms. The third-order valence-electron chi connectivity index (χ3n) is 6.60. The van der Waals surface area contributed by atoms with E-state index in [2.05, 4.69) is 73.0 Å².